The molecule has 0 spiro atoms. The predicted octanol–water partition coefficient (Wildman–Crippen LogP) is 3.68. The van der Waals surface area contributed by atoms with Gasteiger partial charge in [-0.3, -0.25) is 0 Å². The van der Waals surface area contributed by atoms with Crippen LogP contribution in [0, 0.1) is 11.7 Å². The second-order valence-electron chi connectivity index (χ2n) is 6.08. The van der Waals surface area contributed by atoms with Crippen LogP contribution in [0.5, 0.6) is 0 Å². The lowest BCUT2D eigenvalue weighted by Gasteiger charge is -2.21. The quantitative estimate of drug-likeness (QED) is 0.647. The van der Waals surface area contributed by atoms with E-state index in [4.69, 9.17) is 0 Å². The van der Waals surface area contributed by atoms with Crippen molar-refractivity contribution in [3.63, 3.8) is 0 Å². The van der Waals surface area contributed by atoms with Gasteiger partial charge in [0.2, 0.25) is 5.95 Å². The summed E-state index contributed by atoms with van der Waals surface area (Å²) in [4.78, 5) is 7.47. The lowest BCUT2D eigenvalue weighted by Crippen LogP contribution is -2.30. The monoisotopic (exact) mass is 372 g/mol. The van der Waals surface area contributed by atoms with E-state index < -0.39 is 23.7 Å². The van der Waals surface area contributed by atoms with Crippen LogP contribution in [-0.4, -0.2) is 27.7 Å². The van der Waals surface area contributed by atoms with Crippen LogP contribution in [0.25, 0.3) is 0 Å². The highest BCUT2D eigenvalue weighted by Gasteiger charge is 2.34. The third-order valence-electron chi connectivity index (χ3n) is 3.75. The third kappa shape index (κ3) is 5.29. The van der Waals surface area contributed by atoms with Crippen molar-refractivity contribution in [3.8, 4) is 0 Å². The van der Waals surface area contributed by atoms with E-state index in [9.17, 15) is 22.7 Å². The molecule has 9 heteroatoms. The highest BCUT2D eigenvalue weighted by atomic mass is 19.4. The summed E-state index contributed by atoms with van der Waals surface area (Å²) in [7, 11) is 0. The zero-order valence-corrected chi connectivity index (χ0v) is 14.3. The van der Waals surface area contributed by atoms with E-state index in [1.165, 1.54) is 18.2 Å². The topological polar surface area (TPSA) is 70.1 Å². The van der Waals surface area contributed by atoms with Gasteiger partial charge in [-0.2, -0.15) is 18.2 Å². The molecule has 3 N–H and O–H groups in total. The van der Waals surface area contributed by atoms with E-state index >= 15 is 0 Å². The summed E-state index contributed by atoms with van der Waals surface area (Å²) in [5.41, 5.74) is -0.837. The highest BCUT2D eigenvalue weighted by Crippen LogP contribution is 2.30. The molecule has 0 radical (unpaired) electrons. The van der Waals surface area contributed by atoms with Crippen LogP contribution in [0.15, 0.2) is 30.3 Å². The summed E-state index contributed by atoms with van der Waals surface area (Å²) in [5, 5.41) is 14.7. The number of aromatic nitrogens is 2. The van der Waals surface area contributed by atoms with E-state index in [0.29, 0.717) is 5.56 Å². The number of aliphatic hydroxyl groups is 1. The SMILES string of the molecule is CC(C)[C@H](CO)Nc1nc(NCc2ccccc2F)cc(C(F)(F)F)n1. The van der Waals surface area contributed by atoms with Gasteiger partial charge in [0.25, 0.3) is 0 Å². The number of nitrogens with one attached hydrogen (secondary N) is 2. The molecule has 0 unspecified atom stereocenters. The molecule has 2 aromatic rings. The van der Waals surface area contributed by atoms with Gasteiger partial charge in [0.1, 0.15) is 11.6 Å². The number of hydrogen-bond donors (Lipinski definition) is 3. The second-order valence-corrected chi connectivity index (χ2v) is 6.08. The van der Waals surface area contributed by atoms with E-state index in [2.05, 4.69) is 20.6 Å². The van der Waals surface area contributed by atoms with E-state index in [-0.39, 0.29) is 30.8 Å². The summed E-state index contributed by atoms with van der Waals surface area (Å²) in [6, 6.07) is 6.19. The molecule has 1 aromatic heterocycles. The molecule has 1 aromatic carbocycles. The number of halogens is 4. The van der Waals surface area contributed by atoms with Crippen molar-refractivity contribution in [2.24, 2.45) is 5.92 Å². The molecule has 26 heavy (non-hydrogen) atoms. The van der Waals surface area contributed by atoms with Crippen molar-refractivity contribution in [2.75, 3.05) is 17.2 Å². The molecular formula is C17H20F4N4O. The summed E-state index contributed by atoms with van der Waals surface area (Å²) in [5.74, 6) is -0.876. The Hall–Kier alpha value is -2.42. The van der Waals surface area contributed by atoms with Crippen molar-refractivity contribution in [1.29, 1.82) is 0 Å². The van der Waals surface area contributed by atoms with Crippen LogP contribution in [0.4, 0.5) is 29.3 Å². The molecule has 0 amide bonds. The first-order valence-electron chi connectivity index (χ1n) is 8.01. The minimum atomic E-state index is -4.67. The van der Waals surface area contributed by atoms with Gasteiger partial charge in [-0.1, -0.05) is 32.0 Å². The number of benzene rings is 1. The molecule has 2 rings (SSSR count). The molecule has 1 heterocycles. The molecule has 0 bridgehead atoms. The molecule has 0 aliphatic heterocycles. The van der Waals surface area contributed by atoms with Gasteiger partial charge in [-0.25, -0.2) is 9.37 Å². The number of hydrogen-bond acceptors (Lipinski definition) is 5. The largest absolute Gasteiger partial charge is 0.433 e. The van der Waals surface area contributed by atoms with Gasteiger partial charge < -0.3 is 15.7 Å². The van der Waals surface area contributed by atoms with Crippen LogP contribution >= 0.6 is 0 Å². The lowest BCUT2D eigenvalue weighted by atomic mass is 10.1. The highest BCUT2D eigenvalue weighted by molar-refractivity contribution is 5.44. The fourth-order valence-electron chi connectivity index (χ4n) is 2.16. The molecular weight excluding hydrogens is 352 g/mol. The smallest absolute Gasteiger partial charge is 0.394 e. The molecule has 0 saturated carbocycles. The Kier molecular flexibility index (Phi) is 6.36. The molecule has 0 aliphatic carbocycles. The Balaban J connectivity index is 2.27. The number of anilines is 2. The Bertz CT molecular complexity index is 737. The number of rotatable bonds is 7. The molecule has 5 nitrogen and oxygen atoms in total. The Morgan fingerprint density at radius 3 is 2.42 bits per heavy atom. The van der Waals surface area contributed by atoms with Gasteiger partial charge in [0.05, 0.1) is 12.6 Å². The van der Waals surface area contributed by atoms with Gasteiger partial charge in [-0.15, -0.1) is 0 Å². The fourth-order valence-corrected chi connectivity index (χ4v) is 2.16. The summed E-state index contributed by atoms with van der Waals surface area (Å²) in [6.07, 6.45) is -4.67. The number of alkyl halides is 3. The van der Waals surface area contributed by atoms with Crippen LogP contribution in [0.1, 0.15) is 25.1 Å². The number of aliphatic hydroxyl groups excluding tert-OH is 1. The summed E-state index contributed by atoms with van der Waals surface area (Å²) >= 11 is 0. The Morgan fingerprint density at radius 1 is 1.15 bits per heavy atom. The van der Waals surface area contributed by atoms with E-state index in [1.807, 2.05) is 0 Å². The van der Waals surface area contributed by atoms with Gasteiger partial charge in [0, 0.05) is 18.2 Å². The maximum atomic E-state index is 13.7. The molecule has 0 saturated heterocycles. The first-order valence-corrected chi connectivity index (χ1v) is 8.01. The van der Waals surface area contributed by atoms with E-state index in [1.54, 1.807) is 19.9 Å². The van der Waals surface area contributed by atoms with Gasteiger partial charge in [-0.05, 0) is 12.0 Å². The first-order chi connectivity index (χ1) is 12.2. The molecule has 0 aliphatic rings. The van der Waals surface area contributed by atoms with Crippen LogP contribution in [0.3, 0.4) is 0 Å². The molecule has 1 atom stereocenters. The Labute approximate surface area is 148 Å². The van der Waals surface area contributed by atoms with Crippen LogP contribution < -0.4 is 10.6 Å². The minimum absolute atomic E-state index is 0.0337. The second kappa shape index (κ2) is 8.31. The maximum absolute atomic E-state index is 13.7. The van der Waals surface area contributed by atoms with Crippen molar-refractivity contribution in [1.82, 2.24) is 9.97 Å². The molecule has 142 valence electrons. The average molecular weight is 372 g/mol. The summed E-state index contributed by atoms with van der Waals surface area (Å²) in [6.45, 7) is 3.29. The minimum Gasteiger partial charge on any atom is -0.394 e. The average Bonchev–Trinajstić information content (AvgIpc) is 2.57. The van der Waals surface area contributed by atoms with Crippen molar-refractivity contribution >= 4 is 11.8 Å². The normalized spacial score (nSPS) is 12.9. The van der Waals surface area contributed by atoms with Gasteiger partial charge >= 0.3 is 6.18 Å². The fraction of sp³-hybridized carbons (Fsp3) is 0.412. The number of nitrogens with zero attached hydrogens (tertiary/aromatic N) is 2. The first kappa shape index (κ1) is 19.9. The third-order valence-corrected chi connectivity index (χ3v) is 3.75. The van der Waals surface area contributed by atoms with Crippen molar-refractivity contribution in [2.45, 2.75) is 32.6 Å². The van der Waals surface area contributed by atoms with Crippen LogP contribution in [0.2, 0.25) is 0 Å². The maximum Gasteiger partial charge on any atom is 0.433 e. The lowest BCUT2D eigenvalue weighted by molar-refractivity contribution is -0.141. The van der Waals surface area contributed by atoms with E-state index in [0.717, 1.165) is 6.07 Å². The Morgan fingerprint density at radius 2 is 1.85 bits per heavy atom. The van der Waals surface area contributed by atoms with Crippen molar-refractivity contribution in [3.05, 3.63) is 47.4 Å². The zero-order chi connectivity index (χ0) is 19.3. The van der Waals surface area contributed by atoms with Crippen LogP contribution in [-0.2, 0) is 12.7 Å². The summed E-state index contributed by atoms with van der Waals surface area (Å²) < 4.78 is 52.9. The van der Waals surface area contributed by atoms with Gasteiger partial charge in [0.15, 0.2) is 5.69 Å². The zero-order valence-electron chi connectivity index (χ0n) is 14.3. The standard InChI is InChI=1S/C17H20F4N4O/c1-10(2)13(9-26)23-16-24-14(17(19,20)21)7-15(25-16)22-8-11-5-3-4-6-12(11)18/h3-7,10,13,26H,8-9H2,1-2H3,(H2,22,23,24,25)/t13-/m0/s1. The predicted molar refractivity (Wildman–Crippen MR) is 90.1 cm³/mol. The van der Waals surface area contributed by atoms with Crippen molar-refractivity contribution < 1.29 is 22.7 Å². The molecule has 0 fully saturated rings.